The van der Waals surface area contributed by atoms with Crippen LogP contribution >= 0.6 is 22.6 Å². The van der Waals surface area contributed by atoms with E-state index in [-0.39, 0.29) is 12.5 Å². The summed E-state index contributed by atoms with van der Waals surface area (Å²) < 4.78 is 1.15. The Bertz CT molecular complexity index is 884. The van der Waals surface area contributed by atoms with Crippen LogP contribution in [0, 0.1) is 10.5 Å². The number of carbonyl (C=O) groups excluding carboxylic acids is 1. The third-order valence-electron chi connectivity index (χ3n) is 3.62. The molecule has 1 heterocycles. The summed E-state index contributed by atoms with van der Waals surface area (Å²) in [5, 5.41) is 8.21. The highest BCUT2D eigenvalue weighted by atomic mass is 127. The molecular formula is C18H17IN4O. The summed E-state index contributed by atoms with van der Waals surface area (Å²) in [5.74, 6) is -0.192. The third-order valence-corrected chi connectivity index (χ3v) is 4.34. The number of H-pyrrole nitrogens is 1. The highest BCUT2D eigenvalue weighted by Crippen LogP contribution is 2.19. The molecule has 0 bridgehead atoms. The fourth-order valence-electron chi connectivity index (χ4n) is 2.42. The number of para-hydroxylation sites is 1. The van der Waals surface area contributed by atoms with Gasteiger partial charge in [0, 0.05) is 31.4 Å². The normalized spacial score (nSPS) is 11.1. The quantitative estimate of drug-likeness (QED) is 0.328. The fraction of sp³-hybridized carbons (Fsp3) is 0.111. The summed E-state index contributed by atoms with van der Waals surface area (Å²) in [6, 6.07) is 15.9. The summed E-state index contributed by atoms with van der Waals surface area (Å²) in [7, 11) is 0. The van der Waals surface area contributed by atoms with Crippen molar-refractivity contribution in [2.45, 2.75) is 6.92 Å². The van der Waals surface area contributed by atoms with Gasteiger partial charge in [0.05, 0.1) is 12.8 Å². The van der Waals surface area contributed by atoms with Gasteiger partial charge in [-0.05, 0) is 59.8 Å². The van der Waals surface area contributed by atoms with Crippen LogP contribution in [0.15, 0.2) is 53.6 Å². The molecule has 0 aliphatic carbocycles. The van der Waals surface area contributed by atoms with Crippen LogP contribution in [0.1, 0.15) is 11.3 Å². The zero-order valence-corrected chi connectivity index (χ0v) is 15.3. The predicted octanol–water partition coefficient (Wildman–Crippen LogP) is 3.64. The maximum atomic E-state index is 11.9. The smallest absolute Gasteiger partial charge is 0.259 e. The lowest BCUT2D eigenvalue weighted by Crippen LogP contribution is -2.25. The zero-order chi connectivity index (χ0) is 16.9. The number of hydrogen-bond donors (Lipinski definition) is 3. The van der Waals surface area contributed by atoms with Crippen molar-refractivity contribution in [1.82, 2.24) is 10.4 Å². The van der Waals surface area contributed by atoms with Crippen LogP contribution in [0.25, 0.3) is 10.9 Å². The first-order valence-corrected chi connectivity index (χ1v) is 8.60. The number of benzene rings is 2. The summed E-state index contributed by atoms with van der Waals surface area (Å²) in [5.41, 5.74) is 6.51. The topological polar surface area (TPSA) is 69.3 Å². The number of nitrogens with zero attached hydrogens (tertiary/aromatic N) is 1. The second-order valence-electron chi connectivity index (χ2n) is 5.36. The molecule has 0 saturated heterocycles. The Morgan fingerprint density at radius 3 is 2.75 bits per heavy atom. The molecule has 1 amide bonds. The second kappa shape index (κ2) is 7.48. The molecule has 5 nitrogen and oxygen atoms in total. The number of aromatic amines is 1. The molecule has 0 aliphatic rings. The second-order valence-corrected chi connectivity index (χ2v) is 6.61. The van der Waals surface area contributed by atoms with E-state index in [1.54, 1.807) is 6.21 Å². The maximum absolute atomic E-state index is 11.9. The van der Waals surface area contributed by atoms with E-state index in [1.807, 2.05) is 55.5 Å². The molecule has 3 N–H and O–H groups in total. The minimum Gasteiger partial charge on any atom is -0.376 e. The molecule has 2 aromatic carbocycles. The van der Waals surface area contributed by atoms with Crippen molar-refractivity contribution in [3.63, 3.8) is 0 Å². The summed E-state index contributed by atoms with van der Waals surface area (Å²) in [6.07, 6.45) is 1.68. The molecule has 122 valence electrons. The summed E-state index contributed by atoms with van der Waals surface area (Å²) in [4.78, 5) is 15.2. The highest BCUT2D eigenvalue weighted by molar-refractivity contribution is 14.1. The lowest BCUT2D eigenvalue weighted by molar-refractivity contribution is -0.119. The van der Waals surface area contributed by atoms with Crippen LogP contribution in [-0.2, 0) is 4.79 Å². The Labute approximate surface area is 153 Å². The van der Waals surface area contributed by atoms with Gasteiger partial charge < -0.3 is 10.3 Å². The monoisotopic (exact) mass is 432 g/mol. The van der Waals surface area contributed by atoms with Crippen LogP contribution in [-0.4, -0.2) is 23.7 Å². The largest absolute Gasteiger partial charge is 0.376 e. The van der Waals surface area contributed by atoms with Crippen molar-refractivity contribution >= 4 is 51.3 Å². The van der Waals surface area contributed by atoms with Gasteiger partial charge in [-0.25, -0.2) is 5.43 Å². The number of fused-ring (bicyclic) bond motifs is 1. The van der Waals surface area contributed by atoms with E-state index in [0.29, 0.717) is 0 Å². The van der Waals surface area contributed by atoms with Crippen LogP contribution in [0.2, 0.25) is 0 Å². The van der Waals surface area contributed by atoms with Gasteiger partial charge in [-0.3, -0.25) is 4.79 Å². The lowest BCUT2D eigenvalue weighted by Gasteiger charge is -2.05. The molecule has 0 saturated carbocycles. The van der Waals surface area contributed by atoms with Crippen molar-refractivity contribution in [3.8, 4) is 0 Å². The number of aromatic nitrogens is 1. The van der Waals surface area contributed by atoms with Crippen molar-refractivity contribution in [3.05, 3.63) is 63.4 Å². The molecule has 3 aromatic rings. The molecule has 0 spiro atoms. The number of nitrogens with one attached hydrogen (secondary N) is 3. The highest BCUT2D eigenvalue weighted by Gasteiger charge is 2.05. The minimum absolute atomic E-state index is 0.171. The van der Waals surface area contributed by atoms with Crippen LogP contribution in [0.4, 0.5) is 5.69 Å². The average Bonchev–Trinajstić information content (AvgIpc) is 2.90. The summed E-state index contributed by atoms with van der Waals surface area (Å²) in [6.45, 7) is 2.16. The number of rotatable bonds is 5. The lowest BCUT2D eigenvalue weighted by atomic mass is 10.1. The van der Waals surface area contributed by atoms with Gasteiger partial charge >= 0.3 is 0 Å². The predicted molar refractivity (Wildman–Crippen MR) is 106 cm³/mol. The van der Waals surface area contributed by atoms with E-state index in [1.165, 1.54) is 0 Å². The van der Waals surface area contributed by atoms with E-state index >= 15 is 0 Å². The number of carbonyl (C=O) groups is 1. The van der Waals surface area contributed by atoms with Crippen molar-refractivity contribution < 1.29 is 4.79 Å². The SMILES string of the molecule is Cc1[nH]c2ccccc2c1/C=N\NC(=O)CNc1ccc(I)cc1. The van der Waals surface area contributed by atoms with E-state index in [0.717, 1.165) is 31.4 Å². The molecule has 3 rings (SSSR count). The van der Waals surface area contributed by atoms with Gasteiger partial charge in [0.25, 0.3) is 5.91 Å². The summed E-state index contributed by atoms with van der Waals surface area (Å²) >= 11 is 2.24. The fourth-order valence-corrected chi connectivity index (χ4v) is 2.78. The van der Waals surface area contributed by atoms with Crippen molar-refractivity contribution in [1.29, 1.82) is 0 Å². The van der Waals surface area contributed by atoms with Gasteiger partial charge in [0.2, 0.25) is 0 Å². The molecule has 6 heteroatoms. The van der Waals surface area contributed by atoms with E-state index < -0.39 is 0 Å². The van der Waals surface area contributed by atoms with Crippen LogP contribution < -0.4 is 10.7 Å². The Balaban J connectivity index is 1.58. The first-order valence-electron chi connectivity index (χ1n) is 7.52. The number of hydrogen-bond acceptors (Lipinski definition) is 3. The zero-order valence-electron chi connectivity index (χ0n) is 13.1. The number of anilines is 1. The van der Waals surface area contributed by atoms with Crippen LogP contribution in [0.5, 0.6) is 0 Å². The molecule has 0 aliphatic heterocycles. The number of halogens is 1. The van der Waals surface area contributed by atoms with Gasteiger partial charge in [0.15, 0.2) is 0 Å². The number of hydrazone groups is 1. The standard InChI is InChI=1S/C18H17IN4O/c1-12-16(15-4-2-3-5-17(15)22-12)10-21-23-18(24)11-20-14-8-6-13(19)7-9-14/h2-10,20,22H,11H2,1H3,(H,23,24)/b21-10-. The molecular weight excluding hydrogens is 415 g/mol. The first kappa shape index (κ1) is 16.5. The molecule has 24 heavy (non-hydrogen) atoms. The minimum atomic E-state index is -0.192. The van der Waals surface area contributed by atoms with Crippen molar-refractivity contribution in [2.75, 3.05) is 11.9 Å². The Hall–Kier alpha value is -2.35. The van der Waals surface area contributed by atoms with E-state index in [2.05, 4.69) is 43.4 Å². The average molecular weight is 432 g/mol. The number of amides is 1. The Kier molecular flexibility index (Phi) is 5.14. The van der Waals surface area contributed by atoms with Gasteiger partial charge in [-0.1, -0.05) is 18.2 Å². The molecule has 0 unspecified atom stereocenters. The van der Waals surface area contributed by atoms with Crippen LogP contribution in [0.3, 0.4) is 0 Å². The maximum Gasteiger partial charge on any atom is 0.259 e. The number of aryl methyl sites for hydroxylation is 1. The first-order chi connectivity index (χ1) is 11.6. The van der Waals surface area contributed by atoms with Gasteiger partial charge in [-0.15, -0.1) is 0 Å². The molecule has 0 fully saturated rings. The van der Waals surface area contributed by atoms with E-state index in [4.69, 9.17) is 0 Å². The molecule has 0 atom stereocenters. The van der Waals surface area contributed by atoms with Gasteiger partial charge in [0.1, 0.15) is 0 Å². The van der Waals surface area contributed by atoms with Gasteiger partial charge in [-0.2, -0.15) is 5.10 Å². The molecule has 0 radical (unpaired) electrons. The Morgan fingerprint density at radius 2 is 1.96 bits per heavy atom. The third kappa shape index (κ3) is 3.94. The Morgan fingerprint density at radius 1 is 1.21 bits per heavy atom. The van der Waals surface area contributed by atoms with E-state index in [9.17, 15) is 4.79 Å². The van der Waals surface area contributed by atoms with Crippen molar-refractivity contribution in [2.24, 2.45) is 5.10 Å². The molecule has 1 aromatic heterocycles.